The van der Waals surface area contributed by atoms with Gasteiger partial charge in [0.1, 0.15) is 6.61 Å². The average Bonchev–Trinajstić information content (AvgIpc) is 3.43. The van der Waals surface area contributed by atoms with Crippen LogP contribution in [0.1, 0.15) is 40.2 Å². The zero-order chi connectivity index (χ0) is 17.2. The number of fused-ring (bicyclic) bond motifs is 1. The second-order valence-corrected chi connectivity index (χ2v) is 6.70. The first-order valence-electron chi connectivity index (χ1n) is 8.76. The number of carbonyl (C=O) groups is 2. The minimum Gasteiger partial charge on any atom is -0.445 e. The molecule has 2 aromatic rings. The van der Waals surface area contributed by atoms with Gasteiger partial charge in [-0.15, -0.1) is 0 Å². The Morgan fingerprint density at radius 1 is 1.16 bits per heavy atom. The van der Waals surface area contributed by atoms with Gasteiger partial charge in [0.05, 0.1) is 12.0 Å². The van der Waals surface area contributed by atoms with E-state index in [1.165, 1.54) is 0 Å². The van der Waals surface area contributed by atoms with E-state index in [1.54, 1.807) is 11.2 Å². The standard InChI is InChI=1S/C19H21N3O3/c23-18(15-5-6-15)14-3-1-13(2-4-14)11-25-19(24)22-9-7-16-17(8-10-22)21-12-20-16/h1-4,12,15H,5-11H2,(H,20,21). The first-order valence-corrected chi connectivity index (χ1v) is 8.76. The summed E-state index contributed by atoms with van der Waals surface area (Å²) in [4.78, 5) is 33.4. The zero-order valence-corrected chi connectivity index (χ0v) is 14.0. The number of aromatic amines is 1. The maximum absolute atomic E-state index is 12.3. The van der Waals surface area contributed by atoms with Gasteiger partial charge < -0.3 is 14.6 Å². The summed E-state index contributed by atoms with van der Waals surface area (Å²) in [5, 5.41) is 0. The number of hydrogen-bond donors (Lipinski definition) is 1. The van der Waals surface area contributed by atoms with E-state index in [0.717, 1.165) is 48.2 Å². The van der Waals surface area contributed by atoms with Gasteiger partial charge in [0.15, 0.2) is 5.78 Å². The molecular weight excluding hydrogens is 318 g/mol. The highest BCUT2D eigenvalue weighted by molar-refractivity contribution is 5.99. The Hall–Kier alpha value is -2.63. The monoisotopic (exact) mass is 339 g/mol. The van der Waals surface area contributed by atoms with Crippen LogP contribution in [0.4, 0.5) is 4.79 Å². The molecule has 0 radical (unpaired) electrons. The summed E-state index contributed by atoms with van der Waals surface area (Å²) in [6.45, 7) is 1.46. The molecule has 0 unspecified atom stereocenters. The summed E-state index contributed by atoms with van der Waals surface area (Å²) in [6.07, 6.45) is 4.92. The van der Waals surface area contributed by atoms with Gasteiger partial charge in [-0.3, -0.25) is 4.79 Å². The zero-order valence-electron chi connectivity index (χ0n) is 14.0. The number of imidazole rings is 1. The molecule has 1 N–H and O–H groups in total. The third-order valence-electron chi connectivity index (χ3n) is 4.86. The maximum Gasteiger partial charge on any atom is 0.410 e. The van der Waals surface area contributed by atoms with E-state index in [0.29, 0.717) is 13.1 Å². The summed E-state index contributed by atoms with van der Waals surface area (Å²) in [5.41, 5.74) is 3.78. The predicted octanol–water partition coefficient (Wildman–Crippen LogP) is 2.74. The molecule has 1 amide bonds. The molecule has 0 spiro atoms. The van der Waals surface area contributed by atoms with Gasteiger partial charge >= 0.3 is 6.09 Å². The lowest BCUT2D eigenvalue weighted by Crippen LogP contribution is -2.33. The molecule has 1 aliphatic heterocycles. The van der Waals surface area contributed by atoms with Crippen LogP contribution >= 0.6 is 0 Å². The average molecular weight is 339 g/mol. The smallest absolute Gasteiger partial charge is 0.410 e. The van der Waals surface area contributed by atoms with E-state index >= 15 is 0 Å². The topological polar surface area (TPSA) is 75.3 Å². The summed E-state index contributed by atoms with van der Waals surface area (Å²) in [7, 11) is 0. The normalized spacial score (nSPS) is 16.9. The second kappa shape index (κ2) is 6.70. The van der Waals surface area contributed by atoms with Crippen LogP contribution in [0.2, 0.25) is 0 Å². The van der Waals surface area contributed by atoms with E-state index in [1.807, 2.05) is 24.3 Å². The van der Waals surface area contributed by atoms with Crippen LogP contribution in [0, 0.1) is 5.92 Å². The van der Waals surface area contributed by atoms with Crippen molar-refractivity contribution in [2.75, 3.05) is 13.1 Å². The van der Waals surface area contributed by atoms with Crippen molar-refractivity contribution in [2.24, 2.45) is 5.92 Å². The number of hydrogen-bond acceptors (Lipinski definition) is 4. The van der Waals surface area contributed by atoms with Crippen molar-refractivity contribution in [1.82, 2.24) is 14.9 Å². The molecule has 6 nitrogen and oxygen atoms in total. The van der Waals surface area contributed by atoms with Gasteiger partial charge in [0.2, 0.25) is 0 Å². The number of benzene rings is 1. The van der Waals surface area contributed by atoms with Crippen molar-refractivity contribution in [3.8, 4) is 0 Å². The molecule has 1 aromatic carbocycles. The SMILES string of the molecule is O=C(c1ccc(COC(=O)N2CCc3nc[nH]c3CC2)cc1)C1CC1. The van der Waals surface area contributed by atoms with Crippen molar-refractivity contribution in [3.05, 3.63) is 53.1 Å². The fourth-order valence-corrected chi connectivity index (χ4v) is 3.15. The van der Waals surface area contributed by atoms with Gasteiger partial charge in [-0.2, -0.15) is 0 Å². The third kappa shape index (κ3) is 3.57. The van der Waals surface area contributed by atoms with Crippen molar-refractivity contribution < 1.29 is 14.3 Å². The molecule has 1 fully saturated rings. The van der Waals surface area contributed by atoms with Gasteiger partial charge in [0.25, 0.3) is 0 Å². The number of H-pyrrole nitrogens is 1. The van der Waals surface area contributed by atoms with Gasteiger partial charge in [-0.25, -0.2) is 9.78 Å². The Kier molecular flexibility index (Phi) is 4.26. The largest absolute Gasteiger partial charge is 0.445 e. The molecule has 2 aliphatic rings. The molecule has 1 aliphatic carbocycles. The highest BCUT2D eigenvalue weighted by Gasteiger charge is 2.30. The number of amides is 1. The first kappa shape index (κ1) is 15.9. The molecule has 6 heteroatoms. The number of ketones is 1. The number of Topliss-reactive ketones (excluding diaryl/α,β-unsaturated/α-hetero) is 1. The molecule has 130 valence electrons. The van der Waals surface area contributed by atoms with Crippen molar-refractivity contribution in [3.63, 3.8) is 0 Å². The number of nitrogens with zero attached hydrogens (tertiary/aromatic N) is 2. The van der Waals surface area contributed by atoms with Crippen LogP contribution in [0.3, 0.4) is 0 Å². The number of rotatable bonds is 4. The molecule has 0 bridgehead atoms. The minimum absolute atomic E-state index is 0.219. The van der Waals surface area contributed by atoms with Crippen molar-refractivity contribution >= 4 is 11.9 Å². The lowest BCUT2D eigenvalue weighted by Gasteiger charge is -2.19. The summed E-state index contributed by atoms with van der Waals surface area (Å²) >= 11 is 0. The third-order valence-corrected chi connectivity index (χ3v) is 4.86. The number of ether oxygens (including phenoxy) is 1. The number of carbonyl (C=O) groups excluding carboxylic acids is 2. The summed E-state index contributed by atoms with van der Waals surface area (Å²) in [6, 6.07) is 7.38. The van der Waals surface area contributed by atoms with Crippen LogP contribution in [0.15, 0.2) is 30.6 Å². The molecule has 1 saturated carbocycles. The molecule has 2 heterocycles. The van der Waals surface area contributed by atoms with E-state index in [4.69, 9.17) is 4.74 Å². The predicted molar refractivity (Wildman–Crippen MR) is 91.3 cm³/mol. The van der Waals surface area contributed by atoms with E-state index in [9.17, 15) is 9.59 Å². The molecule has 25 heavy (non-hydrogen) atoms. The van der Waals surface area contributed by atoms with Crippen molar-refractivity contribution in [1.29, 1.82) is 0 Å². The van der Waals surface area contributed by atoms with E-state index in [2.05, 4.69) is 9.97 Å². The van der Waals surface area contributed by atoms with Crippen LogP contribution in [0.25, 0.3) is 0 Å². The first-order chi connectivity index (χ1) is 12.2. The van der Waals surface area contributed by atoms with Gasteiger partial charge in [0, 0.05) is 43.1 Å². The molecule has 4 rings (SSSR count). The lowest BCUT2D eigenvalue weighted by atomic mass is 10.1. The Morgan fingerprint density at radius 3 is 2.68 bits per heavy atom. The van der Waals surface area contributed by atoms with Gasteiger partial charge in [-0.05, 0) is 18.4 Å². The summed E-state index contributed by atoms with van der Waals surface area (Å²) < 4.78 is 5.43. The fraction of sp³-hybridized carbons (Fsp3) is 0.421. The Labute approximate surface area is 146 Å². The van der Waals surface area contributed by atoms with Crippen molar-refractivity contribution in [2.45, 2.75) is 32.3 Å². The Morgan fingerprint density at radius 2 is 1.92 bits per heavy atom. The highest BCUT2D eigenvalue weighted by atomic mass is 16.6. The van der Waals surface area contributed by atoms with Crippen LogP contribution < -0.4 is 0 Å². The van der Waals surface area contributed by atoms with Crippen LogP contribution in [-0.4, -0.2) is 39.8 Å². The highest BCUT2D eigenvalue weighted by Crippen LogP contribution is 2.32. The van der Waals surface area contributed by atoms with Gasteiger partial charge in [-0.1, -0.05) is 24.3 Å². The molecule has 0 saturated heterocycles. The number of nitrogens with one attached hydrogen (secondary N) is 1. The minimum atomic E-state index is -0.303. The summed E-state index contributed by atoms with van der Waals surface area (Å²) in [5.74, 6) is 0.450. The maximum atomic E-state index is 12.3. The molecule has 0 atom stereocenters. The van der Waals surface area contributed by atoms with Crippen LogP contribution in [-0.2, 0) is 24.2 Å². The molecular formula is C19H21N3O3. The fourth-order valence-electron chi connectivity index (χ4n) is 3.15. The Bertz CT molecular complexity index is 755. The quantitative estimate of drug-likeness (QED) is 0.869. The van der Waals surface area contributed by atoms with E-state index < -0.39 is 0 Å². The molecule has 1 aromatic heterocycles. The Balaban J connectivity index is 1.29. The van der Waals surface area contributed by atoms with Crippen LogP contribution in [0.5, 0.6) is 0 Å². The van der Waals surface area contributed by atoms with E-state index in [-0.39, 0.29) is 24.4 Å². The lowest BCUT2D eigenvalue weighted by molar-refractivity contribution is 0.0958. The second-order valence-electron chi connectivity index (χ2n) is 6.70. The number of aromatic nitrogens is 2.